The second kappa shape index (κ2) is 6.35. The third kappa shape index (κ3) is 3.10. The van der Waals surface area contributed by atoms with Crippen molar-refractivity contribution in [1.29, 1.82) is 0 Å². The van der Waals surface area contributed by atoms with Gasteiger partial charge in [-0.3, -0.25) is 4.79 Å². The maximum absolute atomic E-state index is 12.3. The number of carbonyl (C=O) groups excluding carboxylic acids is 1. The lowest BCUT2D eigenvalue weighted by Gasteiger charge is -2.15. The molecule has 0 spiro atoms. The minimum atomic E-state index is -1.16. The molecule has 0 fully saturated rings. The van der Waals surface area contributed by atoms with Crippen LogP contribution >= 0.6 is 0 Å². The summed E-state index contributed by atoms with van der Waals surface area (Å²) in [6, 6.07) is 5.49. The van der Waals surface area contributed by atoms with Crippen molar-refractivity contribution in [3.8, 4) is 5.75 Å². The topological polar surface area (TPSA) is 102 Å². The Bertz CT molecular complexity index is 781. The number of nitrogens with zero attached hydrogens (tertiary/aromatic N) is 1. The molecule has 7 nitrogen and oxygen atoms in total. The van der Waals surface area contributed by atoms with Crippen molar-refractivity contribution in [3.63, 3.8) is 0 Å². The van der Waals surface area contributed by atoms with Crippen molar-refractivity contribution < 1.29 is 24.0 Å². The summed E-state index contributed by atoms with van der Waals surface area (Å²) >= 11 is 0. The summed E-state index contributed by atoms with van der Waals surface area (Å²) < 4.78 is 10.5. The summed E-state index contributed by atoms with van der Waals surface area (Å²) in [5.41, 5.74) is 1.50. The minimum absolute atomic E-state index is 0.0643. The van der Waals surface area contributed by atoms with Crippen molar-refractivity contribution in [3.05, 3.63) is 46.8 Å². The van der Waals surface area contributed by atoms with Gasteiger partial charge >= 0.3 is 5.97 Å². The molecule has 0 aliphatic carbocycles. The fourth-order valence-corrected chi connectivity index (χ4v) is 2.55. The Balaban J connectivity index is 1.81. The molecule has 126 valence electrons. The van der Waals surface area contributed by atoms with Crippen molar-refractivity contribution in [2.24, 2.45) is 0 Å². The third-order valence-electron chi connectivity index (χ3n) is 3.90. The van der Waals surface area contributed by atoms with Gasteiger partial charge in [0.15, 0.2) is 11.7 Å². The van der Waals surface area contributed by atoms with Crippen LogP contribution in [0.1, 0.15) is 53.2 Å². The Hall–Kier alpha value is -2.83. The third-order valence-corrected chi connectivity index (χ3v) is 3.90. The second-order valence-electron chi connectivity index (χ2n) is 5.98. The van der Waals surface area contributed by atoms with Gasteiger partial charge in [0.2, 0.25) is 0 Å². The molecule has 7 heteroatoms. The number of carboxylic acid groups (broad SMARTS) is 1. The zero-order valence-electron chi connectivity index (χ0n) is 13.4. The van der Waals surface area contributed by atoms with Crippen LogP contribution in [-0.2, 0) is 11.2 Å². The molecule has 1 aliphatic heterocycles. The van der Waals surface area contributed by atoms with Gasteiger partial charge in [0.05, 0.1) is 6.61 Å². The summed E-state index contributed by atoms with van der Waals surface area (Å²) in [7, 11) is 0. The van der Waals surface area contributed by atoms with Crippen LogP contribution < -0.4 is 10.1 Å². The van der Waals surface area contributed by atoms with E-state index in [4.69, 9.17) is 9.26 Å². The summed E-state index contributed by atoms with van der Waals surface area (Å²) in [5.74, 6) is -0.315. The van der Waals surface area contributed by atoms with Gasteiger partial charge in [0.25, 0.3) is 5.91 Å². The van der Waals surface area contributed by atoms with Gasteiger partial charge in [-0.15, -0.1) is 0 Å². The number of aromatic nitrogens is 1. The SMILES string of the molecule is CC(C)c1cc(C(=O)NC(C(=O)O)c2ccc3c(c2)CCO3)no1. The number of hydrogen-bond donors (Lipinski definition) is 2. The first-order valence-corrected chi connectivity index (χ1v) is 7.71. The molecule has 1 unspecified atom stereocenters. The highest BCUT2D eigenvalue weighted by molar-refractivity contribution is 5.95. The molecular weight excluding hydrogens is 312 g/mol. The van der Waals surface area contributed by atoms with Crippen LogP contribution in [0.5, 0.6) is 5.75 Å². The molecule has 0 saturated carbocycles. The molecule has 24 heavy (non-hydrogen) atoms. The lowest BCUT2D eigenvalue weighted by molar-refractivity contribution is -0.139. The number of carboxylic acids is 1. The van der Waals surface area contributed by atoms with E-state index in [1.54, 1.807) is 18.2 Å². The minimum Gasteiger partial charge on any atom is -0.493 e. The lowest BCUT2D eigenvalue weighted by Crippen LogP contribution is -2.34. The predicted molar refractivity (Wildman–Crippen MR) is 84.1 cm³/mol. The van der Waals surface area contributed by atoms with Crippen molar-refractivity contribution in [2.75, 3.05) is 6.61 Å². The van der Waals surface area contributed by atoms with Crippen LogP contribution in [-0.4, -0.2) is 28.7 Å². The summed E-state index contributed by atoms with van der Waals surface area (Å²) in [6.45, 7) is 4.41. The molecule has 0 bridgehead atoms. The lowest BCUT2D eigenvalue weighted by atomic mass is 10.0. The Morgan fingerprint density at radius 3 is 2.75 bits per heavy atom. The summed E-state index contributed by atoms with van der Waals surface area (Å²) in [4.78, 5) is 23.9. The first kappa shape index (κ1) is 16.0. The standard InChI is InChI=1S/C17H18N2O5/c1-9(2)14-8-12(19-24-14)16(20)18-15(17(21)22)11-3-4-13-10(7-11)5-6-23-13/h3-4,7-9,15H,5-6H2,1-2H3,(H,18,20)(H,21,22). The van der Waals surface area contributed by atoms with Crippen molar-refractivity contribution in [1.82, 2.24) is 10.5 Å². The number of aliphatic carboxylic acids is 1. The Labute approximate surface area is 138 Å². The average molecular weight is 330 g/mol. The van der Waals surface area contributed by atoms with Crippen LogP contribution in [0.25, 0.3) is 0 Å². The number of amides is 1. The van der Waals surface area contributed by atoms with E-state index in [2.05, 4.69) is 10.5 Å². The normalized spacial score (nSPS) is 14.1. The Morgan fingerprint density at radius 2 is 2.08 bits per heavy atom. The number of benzene rings is 1. The highest BCUT2D eigenvalue weighted by Gasteiger charge is 2.26. The van der Waals surface area contributed by atoms with E-state index in [-0.39, 0.29) is 11.6 Å². The van der Waals surface area contributed by atoms with Crippen LogP contribution in [0.3, 0.4) is 0 Å². The molecule has 1 aliphatic rings. The van der Waals surface area contributed by atoms with E-state index in [9.17, 15) is 14.7 Å². The van der Waals surface area contributed by atoms with E-state index in [1.165, 1.54) is 6.07 Å². The van der Waals surface area contributed by atoms with Crippen LogP contribution in [0.4, 0.5) is 0 Å². The zero-order valence-corrected chi connectivity index (χ0v) is 13.4. The monoisotopic (exact) mass is 330 g/mol. The predicted octanol–water partition coefficient (Wildman–Crippen LogP) is 2.29. The number of nitrogens with one attached hydrogen (secondary N) is 1. The quantitative estimate of drug-likeness (QED) is 0.872. The van der Waals surface area contributed by atoms with E-state index in [0.29, 0.717) is 17.9 Å². The van der Waals surface area contributed by atoms with Crippen LogP contribution in [0.2, 0.25) is 0 Å². The molecule has 2 aromatic rings. The van der Waals surface area contributed by atoms with E-state index >= 15 is 0 Å². The fraction of sp³-hybridized carbons (Fsp3) is 0.353. The molecule has 0 saturated heterocycles. The highest BCUT2D eigenvalue weighted by atomic mass is 16.5. The van der Waals surface area contributed by atoms with Gasteiger partial charge in [-0.1, -0.05) is 25.1 Å². The maximum Gasteiger partial charge on any atom is 0.330 e. The maximum atomic E-state index is 12.3. The van der Waals surface area contributed by atoms with Gasteiger partial charge in [-0.2, -0.15) is 0 Å². The van der Waals surface area contributed by atoms with E-state index < -0.39 is 17.9 Å². The molecular formula is C17H18N2O5. The molecule has 2 N–H and O–H groups in total. The molecule has 2 heterocycles. The first-order chi connectivity index (χ1) is 11.5. The van der Waals surface area contributed by atoms with Crippen molar-refractivity contribution >= 4 is 11.9 Å². The number of carbonyl (C=O) groups is 2. The summed E-state index contributed by atoms with van der Waals surface area (Å²) in [5, 5.41) is 15.7. The molecule has 3 rings (SSSR count). The van der Waals surface area contributed by atoms with Gasteiger partial charge in [0, 0.05) is 18.4 Å². The molecule has 0 radical (unpaired) electrons. The largest absolute Gasteiger partial charge is 0.493 e. The number of hydrogen-bond acceptors (Lipinski definition) is 5. The number of fused-ring (bicyclic) bond motifs is 1. The Kier molecular flexibility index (Phi) is 4.24. The molecule has 1 atom stereocenters. The van der Waals surface area contributed by atoms with E-state index in [1.807, 2.05) is 13.8 Å². The zero-order chi connectivity index (χ0) is 17.3. The molecule has 1 aromatic heterocycles. The smallest absolute Gasteiger partial charge is 0.330 e. The fourth-order valence-electron chi connectivity index (χ4n) is 2.55. The van der Waals surface area contributed by atoms with Gasteiger partial charge in [-0.05, 0) is 23.3 Å². The van der Waals surface area contributed by atoms with Gasteiger partial charge < -0.3 is 19.7 Å². The number of rotatable bonds is 5. The average Bonchev–Trinajstić information content (AvgIpc) is 3.20. The van der Waals surface area contributed by atoms with Crippen molar-refractivity contribution in [2.45, 2.75) is 32.2 Å². The first-order valence-electron chi connectivity index (χ1n) is 7.71. The van der Waals surface area contributed by atoms with Gasteiger partial charge in [0.1, 0.15) is 11.5 Å². The van der Waals surface area contributed by atoms with Gasteiger partial charge in [-0.25, -0.2) is 4.79 Å². The molecule has 1 aromatic carbocycles. The second-order valence-corrected chi connectivity index (χ2v) is 5.98. The number of ether oxygens (including phenoxy) is 1. The Morgan fingerprint density at radius 1 is 1.29 bits per heavy atom. The molecule has 1 amide bonds. The van der Waals surface area contributed by atoms with Crippen LogP contribution in [0, 0.1) is 0 Å². The highest BCUT2D eigenvalue weighted by Crippen LogP contribution is 2.28. The summed E-state index contributed by atoms with van der Waals surface area (Å²) in [6.07, 6.45) is 0.727. The van der Waals surface area contributed by atoms with Crippen LogP contribution in [0.15, 0.2) is 28.8 Å². The van der Waals surface area contributed by atoms with E-state index in [0.717, 1.165) is 17.7 Å².